The first-order chi connectivity index (χ1) is 11.6. The number of thiophene rings is 1. The fraction of sp³-hybridized carbons (Fsp3) is 0.706. The maximum absolute atomic E-state index is 12.4. The molecule has 24 heavy (non-hydrogen) atoms. The molecular formula is C17H28F2N4S. The van der Waals surface area contributed by atoms with Gasteiger partial charge in [-0.3, -0.25) is 9.89 Å². The number of nitrogens with one attached hydrogen (secondary N) is 2. The van der Waals surface area contributed by atoms with Crippen molar-refractivity contribution in [2.75, 3.05) is 32.7 Å². The Morgan fingerprint density at radius 3 is 2.75 bits per heavy atom. The number of hydrogen-bond donors (Lipinski definition) is 2. The molecule has 136 valence electrons. The van der Waals surface area contributed by atoms with Crippen LogP contribution in [0.25, 0.3) is 0 Å². The Kier molecular flexibility index (Phi) is 7.91. The highest BCUT2D eigenvalue weighted by atomic mass is 32.1. The average Bonchev–Trinajstić information content (AvgIpc) is 3.08. The smallest absolute Gasteiger partial charge is 0.251 e. The molecule has 2 rings (SSSR count). The Labute approximate surface area is 147 Å². The first kappa shape index (κ1) is 19.1. The Morgan fingerprint density at radius 2 is 2.17 bits per heavy atom. The van der Waals surface area contributed by atoms with Gasteiger partial charge in [-0.25, -0.2) is 8.78 Å². The summed E-state index contributed by atoms with van der Waals surface area (Å²) in [6, 6.07) is 4.51. The van der Waals surface area contributed by atoms with Crippen LogP contribution in [0.5, 0.6) is 0 Å². The minimum absolute atomic E-state index is 0.112. The SMILES string of the molecule is CCNC(=NCC(C)c1cccs1)NC1CCN(CC(F)F)CC1. The number of halogens is 2. The van der Waals surface area contributed by atoms with E-state index in [1.54, 1.807) is 11.3 Å². The summed E-state index contributed by atoms with van der Waals surface area (Å²) in [5.74, 6) is 1.22. The van der Waals surface area contributed by atoms with Crippen molar-refractivity contribution in [3.63, 3.8) is 0 Å². The van der Waals surface area contributed by atoms with Gasteiger partial charge in [-0.15, -0.1) is 11.3 Å². The fourth-order valence-corrected chi connectivity index (χ4v) is 3.64. The number of piperidine rings is 1. The number of hydrogen-bond acceptors (Lipinski definition) is 3. The summed E-state index contributed by atoms with van der Waals surface area (Å²) in [4.78, 5) is 7.88. The van der Waals surface area contributed by atoms with Crippen LogP contribution in [0.2, 0.25) is 0 Å². The summed E-state index contributed by atoms with van der Waals surface area (Å²) in [5.41, 5.74) is 0. The molecule has 1 aromatic rings. The molecular weight excluding hydrogens is 330 g/mol. The van der Waals surface area contributed by atoms with Gasteiger partial charge in [0.2, 0.25) is 0 Å². The molecule has 4 nitrogen and oxygen atoms in total. The van der Waals surface area contributed by atoms with Crippen molar-refractivity contribution in [2.45, 2.75) is 45.1 Å². The highest BCUT2D eigenvalue weighted by Gasteiger charge is 2.22. The van der Waals surface area contributed by atoms with Crippen LogP contribution in [0.15, 0.2) is 22.5 Å². The first-order valence-corrected chi connectivity index (χ1v) is 9.55. The van der Waals surface area contributed by atoms with E-state index in [4.69, 9.17) is 4.99 Å². The Hall–Kier alpha value is -1.21. The van der Waals surface area contributed by atoms with Crippen LogP contribution in [0, 0.1) is 0 Å². The Balaban J connectivity index is 1.81. The Morgan fingerprint density at radius 1 is 1.42 bits per heavy atom. The van der Waals surface area contributed by atoms with Crippen molar-refractivity contribution in [3.05, 3.63) is 22.4 Å². The van der Waals surface area contributed by atoms with Crippen molar-refractivity contribution >= 4 is 17.3 Å². The lowest BCUT2D eigenvalue weighted by Crippen LogP contribution is -2.49. The molecule has 1 aliphatic rings. The van der Waals surface area contributed by atoms with E-state index in [-0.39, 0.29) is 6.54 Å². The van der Waals surface area contributed by atoms with Gasteiger partial charge in [0.25, 0.3) is 6.43 Å². The van der Waals surface area contributed by atoms with Crippen LogP contribution in [-0.2, 0) is 0 Å². The summed E-state index contributed by atoms with van der Waals surface area (Å²) in [6.07, 6.45) is -0.498. The molecule has 0 spiro atoms. The van der Waals surface area contributed by atoms with Gasteiger partial charge in [0.05, 0.1) is 13.1 Å². The second-order valence-corrected chi connectivity index (χ2v) is 7.23. The molecule has 0 radical (unpaired) electrons. The zero-order valence-electron chi connectivity index (χ0n) is 14.5. The van der Waals surface area contributed by atoms with Crippen molar-refractivity contribution in [1.82, 2.24) is 15.5 Å². The minimum atomic E-state index is -2.24. The number of aliphatic imine (C=N–C) groups is 1. The lowest BCUT2D eigenvalue weighted by atomic mass is 10.1. The van der Waals surface area contributed by atoms with Crippen molar-refractivity contribution < 1.29 is 8.78 Å². The van der Waals surface area contributed by atoms with Gasteiger partial charge in [0.15, 0.2) is 5.96 Å². The monoisotopic (exact) mass is 358 g/mol. The molecule has 1 atom stereocenters. The summed E-state index contributed by atoms with van der Waals surface area (Å²) < 4.78 is 24.9. The van der Waals surface area contributed by atoms with E-state index in [2.05, 4.69) is 35.1 Å². The van der Waals surface area contributed by atoms with Gasteiger partial charge in [0.1, 0.15) is 0 Å². The first-order valence-electron chi connectivity index (χ1n) is 8.67. The van der Waals surface area contributed by atoms with Crippen LogP contribution >= 0.6 is 11.3 Å². The maximum Gasteiger partial charge on any atom is 0.251 e. The van der Waals surface area contributed by atoms with E-state index >= 15 is 0 Å². The maximum atomic E-state index is 12.4. The molecule has 1 saturated heterocycles. The molecule has 2 heterocycles. The largest absolute Gasteiger partial charge is 0.357 e. The lowest BCUT2D eigenvalue weighted by molar-refractivity contribution is 0.0744. The van der Waals surface area contributed by atoms with Gasteiger partial charge >= 0.3 is 0 Å². The number of rotatable bonds is 7. The predicted molar refractivity (Wildman–Crippen MR) is 97.3 cm³/mol. The molecule has 1 aliphatic heterocycles. The van der Waals surface area contributed by atoms with E-state index in [0.29, 0.717) is 25.0 Å². The summed E-state index contributed by atoms with van der Waals surface area (Å²) in [5, 5.41) is 8.83. The normalized spacial score (nSPS) is 18.8. The number of likely N-dealkylation sites (tertiary alicyclic amines) is 1. The molecule has 0 amide bonds. The second-order valence-electron chi connectivity index (χ2n) is 6.25. The standard InChI is InChI=1S/C17H28F2N4S/c1-3-20-17(21-11-13(2)15-5-4-10-24-15)22-14-6-8-23(9-7-14)12-16(18)19/h4-5,10,13-14,16H,3,6-9,11-12H2,1-2H3,(H2,20,21,22). The van der Waals surface area contributed by atoms with E-state index < -0.39 is 6.43 Å². The van der Waals surface area contributed by atoms with E-state index in [9.17, 15) is 8.78 Å². The third-order valence-corrected chi connectivity index (χ3v) is 5.32. The molecule has 1 aromatic heterocycles. The van der Waals surface area contributed by atoms with Gasteiger partial charge < -0.3 is 10.6 Å². The van der Waals surface area contributed by atoms with Crippen molar-refractivity contribution in [3.8, 4) is 0 Å². The molecule has 0 saturated carbocycles. The van der Waals surface area contributed by atoms with E-state index in [1.165, 1.54) is 4.88 Å². The van der Waals surface area contributed by atoms with Gasteiger partial charge in [0, 0.05) is 36.5 Å². The highest BCUT2D eigenvalue weighted by molar-refractivity contribution is 7.10. The summed E-state index contributed by atoms with van der Waals surface area (Å²) >= 11 is 1.76. The molecule has 1 fully saturated rings. The predicted octanol–water partition coefficient (Wildman–Crippen LogP) is 3.14. The van der Waals surface area contributed by atoms with Crippen LogP contribution in [0.3, 0.4) is 0 Å². The highest BCUT2D eigenvalue weighted by Crippen LogP contribution is 2.20. The Bertz CT molecular complexity index is 485. The minimum Gasteiger partial charge on any atom is -0.357 e. The zero-order chi connectivity index (χ0) is 17.4. The van der Waals surface area contributed by atoms with Crippen LogP contribution < -0.4 is 10.6 Å². The van der Waals surface area contributed by atoms with Crippen LogP contribution in [-0.4, -0.2) is 56.1 Å². The third kappa shape index (κ3) is 6.36. The van der Waals surface area contributed by atoms with Crippen LogP contribution in [0.4, 0.5) is 8.78 Å². The molecule has 7 heteroatoms. The topological polar surface area (TPSA) is 39.7 Å². The van der Waals surface area contributed by atoms with Crippen molar-refractivity contribution in [2.24, 2.45) is 4.99 Å². The molecule has 0 aliphatic carbocycles. The molecule has 1 unspecified atom stereocenters. The van der Waals surface area contributed by atoms with Crippen molar-refractivity contribution in [1.29, 1.82) is 0 Å². The fourth-order valence-electron chi connectivity index (χ4n) is 2.86. The summed E-state index contributed by atoms with van der Waals surface area (Å²) in [7, 11) is 0. The van der Waals surface area contributed by atoms with Crippen LogP contribution in [0.1, 0.15) is 37.5 Å². The van der Waals surface area contributed by atoms with Gasteiger partial charge in [-0.1, -0.05) is 13.0 Å². The average molecular weight is 359 g/mol. The number of nitrogens with zero attached hydrogens (tertiary/aromatic N) is 2. The van der Waals surface area contributed by atoms with E-state index in [0.717, 1.165) is 31.9 Å². The lowest BCUT2D eigenvalue weighted by Gasteiger charge is -2.32. The number of alkyl halides is 2. The third-order valence-electron chi connectivity index (χ3n) is 4.22. The number of guanidine groups is 1. The molecule has 0 bridgehead atoms. The molecule has 2 N–H and O–H groups in total. The van der Waals surface area contributed by atoms with Gasteiger partial charge in [-0.05, 0) is 31.2 Å². The zero-order valence-corrected chi connectivity index (χ0v) is 15.3. The van der Waals surface area contributed by atoms with E-state index in [1.807, 2.05) is 11.8 Å². The quantitative estimate of drug-likeness (QED) is 0.581. The summed E-state index contributed by atoms with van der Waals surface area (Å²) in [6.45, 7) is 7.09. The molecule has 0 aromatic carbocycles. The van der Waals surface area contributed by atoms with Gasteiger partial charge in [-0.2, -0.15) is 0 Å². The second kappa shape index (κ2) is 9.93.